The molecule has 1 aliphatic heterocycles. The topological polar surface area (TPSA) is 96.2 Å². The molecule has 192 valence electrons. The van der Waals surface area contributed by atoms with E-state index in [1.165, 1.54) is 6.07 Å². The predicted molar refractivity (Wildman–Crippen MR) is 135 cm³/mol. The number of nitrogens with one attached hydrogen (secondary N) is 2. The first kappa shape index (κ1) is 24.8. The van der Waals surface area contributed by atoms with Crippen LogP contribution in [0.15, 0.2) is 18.2 Å². The van der Waals surface area contributed by atoms with Gasteiger partial charge in [-0.1, -0.05) is 13.0 Å². The highest BCUT2D eigenvalue weighted by Crippen LogP contribution is 2.34. The van der Waals surface area contributed by atoms with Crippen molar-refractivity contribution < 1.29 is 18.0 Å². The third-order valence-electron chi connectivity index (χ3n) is 7.12. The Morgan fingerprint density at radius 1 is 1.31 bits per heavy atom. The standard InChI is InChI=1S/C25H29F3N6OS/c1-3-30-19-11-34(10-16(19)23(27)28)20-7-4-13-8-14(5-6-18(13)33-20)32-24(35)22-21(29)15-9-17(26)12(2)31-25(15)36-22/h4,7,9,14,16,19,23,30H,3,5-6,8,10-11,29H2,1-2H3,(H,32,35). The van der Waals surface area contributed by atoms with Crippen molar-refractivity contribution in [2.45, 2.75) is 51.6 Å². The van der Waals surface area contributed by atoms with Crippen LogP contribution in [0, 0.1) is 18.7 Å². The van der Waals surface area contributed by atoms with Gasteiger partial charge in [0, 0.05) is 36.3 Å². The molecule has 4 heterocycles. The molecule has 5 rings (SSSR count). The lowest BCUT2D eigenvalue weighted by molar-refractivity contribution is 0.0743. The van der Waals surface area contributed by atoms with Gasteiger partial charge in [0.25, 0.3) is 5.91 Å². The number of anilines is 2. The highest BCUT2D eigenvalue weighted by molar-refractivity contribution is 7.21. The number of hydrogen-bond donors (Lipinski definition) is 3. The monoisotopic (exact) mass is 518 g/mol. The lowest BCUT2D eigenvalue weighted by atomic mass is 9.91. The number of thiophene rings is 1. The van der Waals surface area contributed by atoms with Crippen LogP contribution in [0.25, 0.3) is 10.2 Å². The number of amides is 1. The van der Waals surface area contributed by atoms with E-state index in [1.807, 2.05) is 24.0 Å². The minimum Gasteiger partial charge on any atom is -0.397 e. The summed E-state index contributed by atoms with van der Waals surface area (Å²) in [6, 6.07) is 4.83. The van der Waals surface area contributed by atoms with Gasteiger partial charge in [-0.3, -0.25) is 4.79 Å². The zero-order chi connectivity index (χ0) is 25.6. The minimum atomic E-state index is -2.38. The average Bonchev–Trinajstić information content (AvgIpc) is 3.41. The Morgan fingerprint density at radius 2 is 2.11 bits per heavy atom. The molecule has 3 unspecified atom stereocenters. The number of halogens is 3. The first-order valence-electron chi connectivity index (χ1n) is 12.2. The molecule has 3 aromatic heterocycles. The second kappa shape index (κ2) is 9.85. The maximum absolute atomic E-state index is 13.9. The Bertz CT molecular complexity index is 1300. The molecule has 11 heteroatoms. The second-order valence-electron chi connectivity index (χ2n) is 9.51. The number of likely N-dealkylation sites (N-methyl/N-ethyl adjacent to an activating group) is 1. The molecule has 2 aliphatic rings. The number of nitrogens with zero attached hydrogens (tertiary/aromatic N) is 3. The van der Waals surface area contributed by atoms with Gasteiger partial charge in [0.15, 0.2) is 0 Å². The van der Waals surface area contributed by atoms with E-state index in [-0.39, 0.29) is 35.9 Å². The molecule has 1 fully saturated rings. The Balaban J connectivity index is 1.27. The Kier molecular flexibility index (Phi) is 6.78. The summed E-state index contributed by atoms with van der Waals surface area (Å²) in [5.41, 5.74) is 8.63. The van der Waals surface area contributed by atoms with Crippen LogP contribution < -0.4 is 21.3 Å². The van der Waals surface area contributed by atoms with Gasteiger partial charge in [-0.05, 0) is 50.4 Å². The van der Waals surface area contributed by atoms with Gasteiger partial charge in [0.1, 0.15) is 21.3 Å². The van der Waals surface area contributed by atoms with Crippen molar-refractivity contribution >= 4 is 39.0 Å². The van der Waals surface area contributed by atoms with E-state index in [2.05, 4.69) is 15.6 Å². The first-order valence-corrected chi connectivity index (χ1v) is 13.0. The maximum atomic E-state index is 13.9. The third-order valence-corrected chi connectivity index (χ3v) is 8.23. The molecule has 3 atom stereocenters. The Labute approximate surface area is 211 Å². The van der Waals surface area contributed by atoms with Crippen molar-refractivity contribution in [1.29, 1.82) is 0 Å². The van der Waals surface area contributed by atoms with Crippen LogP contribution in [-0.2, 0) is 12.8 Å². The van der Waals surface area contributed by atoms with Gasteiger partial charge < -0.3 is 21.3 Å². The van der Waals surface area contributed by atoms with Crippen LogP contribution in [0.2, 0.25) is 0 Å². The normalized spacial score (nSPS) is 21.8. The molecule has 0 aromatic carbocycles. The van der Waals surface area contributed by atoms with Crippen LogP contribution in [0.5, 0.6) is 0 Å². The van der Waals surface area contributed by atoms with E-state index >= 15 is 0 Å². The number of nitrogens with two attached hydrogens (primary N) is 1. The molecule has 4 N–H and O–H groups in total. The smallest absolute Gasteiger partial charge is 0.263 e. The molecule has 0 bridgehead atoms. The van der Waals surface area contributed by atoms with Gasteiger partial charge >= 0.3 is 0 Å². The number of hydrogen-bond acceptors (Lipinski definition) is 7. The van der Waals surface area contributed by atoms with Crippen LogP contribution in [-0.4, -0.2) is 54.0 Å². The SMILES string of the molecule is CCNC1CN(c2ccc3c(n2)CCC(NC(=O)c2sc4nc(C)c(F)cc4c2N)C3)CC1C(F)F. The van der Waals surface area contributed by atoms with Gasteiger partial charge in [-0.15, -0.1) is 11.3 Å². The molecule has 0 saturated carbocycles. The van der Waals surface area contributed by atoms with Gasteiger partial charge in [-0.2, -0.15) is 0 Å². The lowest BCUT2D eigenvalue weighted by Gasteiger charge is -2.26. The van der Waals surface area contributed by atoms with E-state index in [9.17, 15) is 18.0 Å². The summed E-state index contributed by atoms with van der Waals surface area (Å²) < 4.78 is 41.0. The summed E-state index contributed by atoms with van der Waals surface area (Å²) in [5, 5.41) is 6.68. The van der Waals surface area contributed by atoms with Gasteiger partial charge in [0.05, 0.1) is 17.3 Å². The van der Waals surface area contributed by atoms with Crippen molar-refractivity contribution in [3.63, 3.8) is 0 Å². The van der Waals surface area contributed by atoms with E-state index in [0.717, 1.165) is 28.4 Å². The number of pyridine rings is 2. The number of rotatable bonds is 6. The van der Waals surface area contributed by atoms with Crippen molar-refractivity contribution in [3.05, 3.63) is 45.8 Å². The molecule has 3 aromatic rings. The molecule has 0 radical (unpaired) electrons. The first-order chi connectivity index (χ1) is 17.2. The minimum absolute atomic E-state index is 0.0955. The number of aromatic nitrogens is 2. The van der Waals surface area contributed by atoms with E-state index in [0.29, 0.717) is 47.4 Å². The average molecular weight is 519 g/mol. The highest BCUT2D eigenvalue weighted by atomic mass is 32.1. The zero-order valence-corrected chi connectivity index (χ0v) is 21.0. The molecular weight excluding hydrogens is 489 g/mol. The summed E-state index contributed by atoms with van der Waals surface area (Å²) in [6.45, 7) is 4.92. The fourth-order valence-corrected chi connectivity index (χ4v) is 6.20. The van der Waals surface area contributed by atoms with Crippen LogP contribution in [0.3, 0.4) is 0 Å². The highest BCUT2D eigenvalue weighted by Gasteiger charge is 2.39. The molecule has 0 spiro atoms. The number of fused-ring (bicyclic) bond motifs is 2. The lowest BCUT2D eigenvalue weighted by Crippen LogP contribution is -2.39. The zero-order valence-electron chi connectivity index (χ0n) is 20.2. The molecule has 7 nitrogen and oxygen atoms in total. The molecular formula is C25H29F3N6OS. The van der Waals surface area contributed by atoms with Crippen molar-refractivity contribution in [2.24, 2.45) is 5.92 Å². The largest absolute Gasteiger partial charge is 0.397 e. The Morgan fingerprint density at radius 3 is 2.86 bits per heavy atom. The van der Waals surface area contributed by atoms with Crippen molar-refractivity contribution in [2.75, 3.05) is 30.3 Å². The van der Waals surface area contributed by atoms with E-state index < -0.39 is 18.2 Å². The fraction of sp³-hybridized carbons (Fsp3) is 0.480. The van der Waals surface area contributed by atoms with Gasteiger partial charge in [-0.25, -0.2) is 23.1 Å². The third kappa shape index (κ3) is 4.61. The fourth-order valence-electron chi connectivity index (χ4n) is 5.17. The predicted octanol–water partition coefficient (Wildman–Crippen LogP) is 3.69. The van der Waals surface area contributed by atoms with Crippen LogP contribution in [0.1, 0.15) is 40.0 Å². The number of aryl methyl sites for hydroxylation is 2. The summed E-state index contributed by atoms with van der Waals surface area (Å²) in [7, 11) is 0. The van der Waals surface area contributed by atoms with Crippen LogP contribution >= 0.6 is 11.3 Å². The Hall–Kier alpha value is -2.92. The summed E-state index contributed by atoms with van der Waals surface area (Å²) >= 11 is 1.16. The van der Waals surface area contributed by atoms with Gasteiger partial charge in [0.2, 0.25) is 6.43 Å². The van der Waals surface area contributed by atoms with Crippen molar-refractivity contribution in [3.8, 4) is 0 Å². The number of carbonyl (C=O) groups excluding carboxylic acids is 1. The maximum Gasteiger partial charge on any atom is 0.263 e. The van der Waals surface area contributed by atoms with E-state index in [1.54, 1.807) is 6.92 Å². The molecule has 1 amide bonds. The number of nitrogen functional groups attached to an aromatic ring is 1. The number of carbonyl (C=O) groups is 1. The van der Waals surface area contributed by atoms with Crippen LogP contribution in [0.4, 0.5) is 24.7 Å². The summed E-state index contributed by atoms with van der Waals surface area (Å²) in [6.07, 6.45) is -0.392. The summed E-state index contributed by atoms with van der Waals surface area (Å²) in [4.78, 5) is 24.8. The number of alkyl halides is 2. The molecule has 1 saturated heterocycles. The van der Waals surface area contributed by atoms with E-state index in [4.69, 9.17) is 10.7 Å². The van der Waals surface area contributed by atoms with Crippen molar-refractivity contribution in [1.82, 2.24) is 20.6 Å². The molecule has 1 aliphatic carbocycles. The summed E-state index contributed by atoms with van der Waals surface area (Å²) in [5.74, 6) is -0.753. The second-order valence-corrected chi connectivity index (χ2v) is 10.5. The quantitative estimate of drug-likeness (QED) is 0.461. The molecule has 36 heavy (non-hydrogen) atoms.